The lowest BCUT2D eigenvalue weighted by molar-refractivity contribution is 0.590. The monoisotopic (exact) mass is 1050 g/mol. The van der Waals surface area contributed by atoms with Crippen LogP contribution in [0.3, 0.4) is 0 Å². The van der Waals surface area contributed by atoms with E-state index in [1.165, 1.54) is 100 Å². The van der Waals surface area contributed by atoms with E-state index in [0.29, 0.717) is 0 Å². The summed E-state index contributed by atoms with van der Waals surface area (Å²) < 4.78 is 2.46. The highest BCUT2D eigenvalue weighted by Crippen LogP contribution is 2.49. The first-order valence-electron chi connectivity index (χ1n) is 29.0. The molecule has 0 atom stereocenters. The lowest BCUT2D eigenvalue weighted by Crippen LogP contribution is -2.61. The van der Waals surface area contributed by atoms with Crippen LogP contribution in [0.5, 0.6) is 0 Å². The number of benzene rings is 9. The van der Waals surface area contributed by atoms with Gasteiger partial charge in [-0.05, 0) is 187 Å². The highest BCUT2D eigenvalue weighted by Gasteiger charge is 2.44. The zero-order valence-corrected chi connectivity index (χ0v) is 50.3. The molecule has 5 heteroatoms. The molecule has 9 aromatic carbocycles. The third kappa shape index (κ3) is 9.11. The normalized spacial score (nSPS) is 13.7. The fraction of sp³-hybridized carbons (Fsp3) is 0.280. The lowest BCUT2D eigenvalue weighted by Gasteiger charge is -2.45. The maximum Gasteiger partial charge on any atom is 0.252 e. The summed E-state index contributed by atoms with van der Waals surface area (Å²) in [6.07, 6.45) is 0. The standard InChI is InChI=1S/C75H79BN4/c1-48-42-68-70-69(43-48)80(57-34-26-51(27-35-57)73(8,9)10)67-47-59(37-40-63(67)76(70)62-39-28-53(75(14,15)16)45-66(62)79(68)56-32-24-50(25-33-56)72(5,6)7)77(55-30-22-49(23-31-55)71(2,3)4)58-36-38-60-61-44-52(74(11,12)13)29-41-64(61)78(65(60)46-58)54-20-18-17-19-21-54/h17-47H,1-16H3. The Labute approximate surface area is 477 Å². The molecule has 0 saturated carbocycles. The summed E-state index contributed by atoms with van der Waals surface area (Å²) in [4.78, 5) is 7.63. The molecule has 0 radical (unpaired) electrons. The second-order valence-corrected chi connectivity index (χ2v) is 28.2. The fourth-order valence-electron chi connectivity index (χ4n) is 12.5. The molecule has 402 valence electrons. The van der Waals surface area contributed by atoms with E-state index in [1.54, 1.807) is 0 Å². The average Bonchev–Trinajstić information content (AvgIpc) is 3.83. The van der Waals surface area contributed by atoms with Crippen LogP contribution in [0.4, 0.5) is 51.2 Å². The fourth-order valence-corrected chi connectivity index (χ4v) is 12.5. The lowest BCUT2D eigenvalue weighted by atomic mass is 9.33. The van der Waals surface area contributed by atoms with Crippen LogP contribution in [0.1, 0.15) is 137 Å². The van der Waals surface area contributed by atoms with E-state index in [0.717, 1.165) is 28.4 Å². The van der Waals surface area contributed by atoms with Gasteiger partial charge in [-0.2, -0.15) is 0 Å². The molecule has 0 aliphatic carbocycles. The maximum absolute atomic E-state index is 2.58. The zero-order chi connectivity index (χ0) is 56.6. The van der Waals surface area contributed by atoms with Crippen LogP contribution < -0.4 is 31.1 Å². The number of para-hydroxylation sites is 1. The van der Waals surface area contributed by atoms with Gasteiger partial charge in [-0.25, -0.2) is 0 Å². The number of anilines is 9. The predicted molar refractivity (Wildman–Crippen MR) is 348 cm³/mol. The zero-order valence-electron chi connectivity index (χ0n) is 50.3. The van der Waals surface area contributed by atoms with Gasteiger partial charge < -0.3 is 19.3 Å². The number of nitrogens with zero attached hydrogens (tertiary/aromatic N) is 4. The molecule has 0 amide bonds. The van der Waals surface area contributed by atoms with Crippen molar-refractivity contribution < 1.29 is 0 Å². The molecule has 0 fully saturated rings. The molecule has 10 aromatic rings. The molecule has 12 rings (SSSR count). The van der Waals surface area contributed by atoms with Gasteiger partial charge in [0.15, 0.2) is 0 Å². The molecule has 0 bridgehead atoms. The van der Waals surface area contributed by atoms with E-state index in [4.69, 9.17) is 0 Å². The first-order valence-corrected chi connectivity index (χ1v) is 29.0. The topological polar surface area (TPSA) is 14.7 Å². The van der Waals surface area contributed by atoms with E-state index >= 15 is 0 Å². The number of hydrogen-bond acceptors (Lipinski definition) is 3. The molecule has 0 saturated heterocycles. The van der Waals surface area contributed by atoms with Crippen molar-refractivity contribution in [1.29, 1.82) is 0 Å². The third-order valence-electron chi connectivity index (χ3n) is 17.2. The van der Waals surface area contributed by atoms with Crippen molar-refractivity contribution in [3.8, 4) is 5.69 Å². The van der Waals surface area contributed by atoms with E-state index in [-0.39, 0.29) is 33.8 Å². The molecule has 4 nitrogen and oxygen atoms in total. The smallest absolute Gasteiger partial charge is 0.252 e. The predicted octanol–water partition coefficient (Wildman–Crippen LogP) is 19.1. The van der Waals surface area contributed by atoms with Gasteiger partial charge in [-0.1, -0.05) is 189 Å². The van der Waals surface area contributed by atoms with Crippen LogP contribution in [0.25, 0.3) is 27.5 Å². The van der Waals surface area contributed by atoms with Crippen LogP contribution in [-0.4, -0.2) is 11.3 Å². The van der Waals surface area contributed by atoms with E-state index in [2.05, 4.69) is 318 Å². The van der Waals surface area contributed by atoms with Gasteiger partial charge in [0.1, 0.15) is 0 Å². The number of aromatic nitrogens is 1. The number of aryl methyl sites for hydroxylation is 1. The molecular weight excluding hydrogens is 968 g/mol. The minimum absolute atomic E-state index is 0.000570. The molecular formula is C75H79BN4. The molecule has 0 spiro atoms. The second-order valence-electron chi connectivity index (χ2n) is 28.2. The molecule has 80 heavy (non-hydrogen) atoms. The summed E-state index contributed by atoms with van der Waals surface area (Å²) in [6, 6.07) is 72.7. The Kier molecular flexibility index (Phi) is 12.3. The van der Waals surface area contributed by atoms with Crippen molar-refractivity contribution in [2.75, 3.05) is 14.7 Å². The van der Waals surface area contributed by atoms with E-state index in [1.807, 2.05) is 0 Å². The van der Waals surface area contributed by atoms with Crippen molar-refractivity contribution in [2.45, 2.75) is 138 Å². The maximum atomic E-state index is 2.58. The van der Waals surface area contributed by atoms with Gasteiger partial charge >= 0.3 is 0 Å². The Balaban J connectivity index is 1.13. The van der Waals surface area contributed by atoms with Crippen LogP contribution in [-0.2, 0) is 27.1 Å². The van der Waals surface area contributed by atoms with Crippen molar-refractivity contribution >= 4 is 96.1 Å². The van der Waals surface area contributed by atoms with Crippen LogP contribution in [0.15, 0.2) is 188 Å². The molecule has 0 unspecified atom stereocenters. The average molecular weight is 1050 g/mol. The highest BCUT2D eigenvalue weighted by molar-refractivity contribution is 7.00. The molecule has 2 aliphatic heterocycles. The van der Waals surface area contributed by atoms with Gasteiger partial charge in [0, 0.05) is 67.6 Å². The van der Waals surface area contributed by atoms with Crippen molar-refractivity contribution in [2.24, 2.45) is 0 Å². The van der Waals surface area contributed by atoms with Crippen molar-refractivity contribution in [3.05, 3.63) is 221 Å². The van der Waals surface area contributed by atoms with Crippen molar-refractivity contribution in [3.63, 3.8) is 0 Å². The van der Waals surface area contributed by atoms with Crippen LogP contribution in [0, 0.1) is 6.92 Å². The van der Waals surface area contributed by atoms with Gasteiger partial charge in [-0.3, -0.25) is 0 Å². The summed E-state index contributed by atoms with van der Waals surface area (Å²) in [7, 11) is 0. The minimum Gasteiger partial charge on any atom is -0.311 e. The Morgan fingerprint density at radius 3 is 1.27 bits per heavy atom. The first kappa shape index (κ1) is 52.9. The van der Waals surface area contributed by atoms with Crippen LogP contribution >= 0.6 is 0 Å². The van der Waals surface area contributed by atoms with Gasteiger partial charge in [0.25, 0.3) is 6.71 Å². The summed E-state index contributed by atoms with van der Waals surface area (Å²) in [5.74, 6) is 0. The van der Waals surface area contributed by atoms with E-state index < -0.39 is 0 Å². The number of rotatable bonds is 6. The number of hydrogen-bond donors (Lipinski definition) is 0. The van der Waals surface area contributed by atoms with Gasteiger partial charge in [0.05, 0.1) is 11.0 Å². The molecule has 0 N–H and O–H groups in total. The molecule has 1 aromatic heterocycles. The van der Waals surface area contributed by atoms with Crippen molar-refractivity contribution in [1.82, 2.24) is 4.57 Å². The summed E-state index contributed by atoms with van der Waals surface area (Å²) >= 11 is 0. The summed E-state index contributed by atoms with van der Waals surface area (Å²) in [5.41, 5.74) is 25.7. The van der Waals surface area contributed by atoms with E-state index in [9.17, 15) is 0 Å². The Bertz CT molecular complexity index is 4020. The van der Waals surface area contributed by atoms with Crippen LogP contribution in [0.2, 0.25) is 0 Å². The second kappa shape index (κ2) is 18.7. The van der Waals surface area contributed by atoms with Gasteiger partial charge in [-0.15, -0.1) is 0 Å². The number of fused-ring (bicyclic) bond motifs is 7. The SMILES string of the molecule is Cc1cc2c3c(c1)N(c1ccc(C(C)(C)C)cc1)c1cc(C(C)(C)C)ccc1B3c1ccc(N(c3ccc(C(C)(C)C)cc3)c3ccc4c5cc(C(C)(C)C)ccc5n(-c5ccccc5)c4c3)cc1N2c1ccc(C(C)(C)C)cc1. The third-order valence-corrected chi connectivity index (χ3v) is 17.2. The largest absolute Gasteiger partial charge is 0.311 e. The Morgan fingerprint density at radius 1 is 0.325 bits per heavy atom. The quantitative estimate of drug-likeness (QED) is 0.154. The van der Waals surface area contributed by atoms with Gasteiger partial charge in [0.2, 0.25) is 0 Å². The Morgan fingerprint density at radius 2 is 0.750 bits per heavy atom. The molecule has 3 heterocycles. The Hall–Kier alpha value is -7.76. The highest BCUT2D eigenvalue weighted by atomic mass is 15.2. The summed E-state index contributed by atoms with van der Waals surface area (Å²) in [6.45, 7) is 36.9. The summed E-state index contributed by atoms with van der Waals surface area (Å²) in [5, 5.41) is 2.51. The minimum atomic E-state index is -0.0490. The molecule has 2 aliphatic rings. The first-order chi connectivity index (χ1) is 37.7.